The molecular formula is C22H21NO5. The Morgan fingerprint density at radius 2 is 1.82 bits per heavy atom. The van der Waals surface area contributed by atoms with E-state index in [2.05, 4.69) is 16.7 Å². The van der Waals surface area contributed by atoms with E-state index in [1.165, 1.54) is 7.11 Å². The van der Waals surface area contributed by atoms with Crippen LogP contribution in [0.15, 0.2) is 59.2 Å². The van der Waals surface area contributed by atoms with Crippen LogP contribution in [0.3, 0.4) is 0 Å². The number of esters is 2. The summed E-state index contributed by atoms with van der Waals surface area (Å²) in [6.07, 6.45) is 3.69. The van der Waals surface area contributed by atoms with E-state index in [0.717, 1.165) is 24.2 Å². The number of rotatable bonds is 7. The zero-order valence-electron chi connectivity index (χ0n) is 15.8. The van der Waals surface area contributed by atoms with Gasteiger partial charge in [0.15, 0.2) is 5.70 Å². The topological polar surface area (TPSA) is 74.2 Å². The summed E-state index contributed by atoms with van der Waals surface area (Å²) in [7, 11) is 1.33. The van der Waals surface area contributed by atoms with E-state index >= 15 is 0 Å². The summed E-state index contributed by atoms with van der Waals surface area (Å²) in [5.74, 6) is 0.0864. The van der Waals surface area contributed by atoms with E-state index in [0.29, 0.717) is 17.7 Å². The molecule has 0 amide bonds. The van der Waals surface area contributed by atoms with E-state index in [1.54, 1.807) is 30.3 Å². The summed E-state index contributed by atoms with van der Waals surface area (Å²) in [4.78, 5) is 27.9. The van der Waals surface area contributed by atoms with E-state index < -0.39 is 11.9 Å². The van der Waals surface area contributed by atoms with Crippen molar-refractivity contribution in [1.29, 1.82) is 0 Å². The Balaban J connectivity index is 1.73. The molecule has 0 aliphatic carbocycles. The van der Waals surface area contributed by atoms with Crippen molar-refractivity contribution >= 4 is 23.9 Å². The molecule has 0 unspecified atom stereocenters. The summed E-state index contributed by atoms with van der Waals surface area (Å²) in [5, 5.41) is 0. The third kappa shape index (κ3) is 4.65. The van der Waals surface area contributed by atoms with Gasteiger partial charge in [-0.25, -0.2) is 14.6 Å². The molecule has 0 bridgehead atoms. The second-order valence-corrected chi connectivity index (χ2v) is 6.18. The van der Waals surface area contributed by atoms with Gasteiger partial charge in [0.25, 0.3) is 0 Å². The minimum atomic E-state index is -0.518. The normalized spacial score (nSPS) is 14.6. The summed E-state index contributed by atoms with van der Waals surface area (Å²) in [5.41, 5.74) is 2.05. The minimum Gasteiger partial charge on any atom is -0.494 e. The second kappa shape index (κ2) is 8.99. The molecular weight excluding hydrogens is 358 g/mol. The highest BCUT2D eigenvalue weighted by atomic mass is 16.6. The lowest BCUT2D eigenvalue weighted by Crippen LogP contribution is -2.05. The van der Waals surface area contributed by atoms with E-state index in [1.807, 2.05) is 24.3 Å². The Labute approximate surface area is 163 Å². The lowest BCUT2D eigenvalue weighted by Gasteiger charge is -2.05. The van der Waals surface area contributed by atoms with Crippen molar-refractivity contribution in [3.05, 3.63) is 70.9 Å². The largest absolute Gasteiger partial charge is 0.494 e. The number of carbonyl (C=O) groups excluding carboxylic acids is 2. The number of hydrogen-bond donors (Lipinski definition) is 0. The number of benzene rings is 2. The average Bonchev–Trinajstić information content (AvgIpc) is 3.09. The average molecular weight is 379 g/mol. The number of hydrogen-bond acceptors (Lipinski definition) is 6. The molecule has 144 valence electrons. The van der Waals surface area contributed by atoms with Crippen molar-refractivity contribution in [2.45, 2.75) is 19.8 Å². The van der Waals surface area contributed by atoms with E-state index in [9.17, 15) is 9.59 Å². The van der Waals surface area contributed by atoms with Crippen molar-refractivity contribution < 1.29 is 23.8 Å². The fraction of sp³-hybridized carbons (Fsp3) is 0.227. The second-order valence-electron chi connectivity index (χ2n) is 6.18. The molecule has 1 heterocycles. The standard InChI is InChI=1S/C22H21NO5/c1-3-4-13-27-18-11-9-16(10-12-18)20-23-19(22(25)28-20)14-15-5-7-17(8-6-15)21(24)26-2/h5-12,14H,3-4,13H2,1-2H3/b19-14-. The fourth-order valence-electron chi connectivity index (χ4n) is 2.55. The molecule has 0 radical (unpaired) electrons. The third-order valence-corrected chi connectivity index (χ3v) is 4.12. The number of aliphatic imine (C=N–C) groups is 1. The third-order valence-electron chi connectivity index (χ3n) is 4.12. The molecule has 1 aliphatic rings. The maximum atomic E-state index is 12.1. The first-order chi connectivity index (χ1) is 13.6. The Morgan fingerprint density at radius 3 is 2.46 bits per heavy atom. The van der Waals surface area contributed by atoms with Gasteiger partial charge < -0.3 is 14.2 Å². The van der Waals surface area contributed by atoms with Gasteiger partial charge in [0, 0.05) is 5.56 Å². The first-order valence-electron chi connectivity index (χ1n) is 9.05. The van der Waals surface area contributed by atoms with Crippen LogP contribution in [0.5, 0.6) is 5.75 Å². The Kier molecular flexibility index (Phi) is 6.22. The van der Waals surface area contributed by atoms with Gasteiger partial charge in [0.05, 0.1) is 19.3 Å². The summed E-state index contributed by atoms with van der Waals surface area (Å²) >= 11 is 0. The SMILES string of the molecule is CCCCOc1ccc(C2=N/C(=C\c3ccc(C(=O)OC)cc3)C(=O)O2)cc1. The van der Waals surface area contributed by atoms with Gasteiger partial charge in [-0.05, 0) is 54.5 Å². The highest BCUT2D eigenvalue weighted by Gasteiger charge is 2.24. The summed E-state index contributed by atoms with van der Waals surface area (Å²) < 4.78 is 15.6. The van der Waals surface area contributed by atoms with Gasteiger partial charge in [-0.15, -0.1) is 0 Å². The number of carbonyl (C=O) groups is 2. The molecule has 0 saturated heterocycles. The van der Waals surface area contributed by atoms with Crippen LogP contribution in [-0.2, 0) is 14.3 Å². The number of nitrogens with zero attached hydrogens (tertiary/aromatic N) is 1. The Bertz CT molecular complexity index is 911. The lowest BCUT2D eigenvalue weighted by molar-refractivity contribution is -0.129. The fourth-order valence-corrected chi connectivity index (χ4v) is 2.55. The monoisotopic (exact) mass is 379 g/mol. The van der Waals surface area contributed by atoms with Gasteiger partial charge >= 0.3 is 11.9 Å². The highest BCUT2D eigenvalue weighted by Crippen LogP contribution is 2.21. The van der Waals surface area contributed by atoms with Crippen LogP contribution in [0, 0.1) is 0 Å². The van der Waals surface area contributed by atoms with Gasteiger partial charge in [-0.3, -0.25) is 0 Å². The zero-order chi connectivity index (χ0) is 19.9. The van der Waals surface area contributed by atoms with Crippen LogP contribution in [0.2, 0.25) is 0 Å². The molecule has 0 spiro atoms. The quantitative estimate of drug-likeness (QED) is 0.413. The molecule has 0 N–H and O–H groups in total. The van der Waals surface area contributed by atoms with Crippen LogP contribution in [0.25, 0.3) is 6.08 Å². The van der Waals surface area contributed by atoms with Crippen molar-refractivity contribution in [2.75, 3.05) is 13.7 Å². The van der Waals surface area contributed by atoms with Gasteiger partial charge in [-0.1, -0.05) is 25.5 Å². The maximum absolute atomic E-state index is 12.1. The molecule has 28 heavy (non-hydrogen) atoms. The number of unbranched alkanes of at least 4 members (excludes halogenated alkanes) is 1. The Hall–Kier alpha value is -3.41. The van der Waals surface area contributed by atoms with Gasteiger partial charge in [-0.2, -0.15) is 0 Å². The molecule has 0 saturated carbocycles. The van der Waals surface area contributed by atoms with E-state index in [-0.39, 0.29) is 11.6 Å². The Morgan fingerprint density at radius 1 is 1.11 bits per heavy atom. The lowest BCUT2D eigenvalue weighted by atomic mass is 10.1. The number of ether oxygens (including phenoxy) is 3. The first kappa shape index (κ1) is 19.4. The number of methoxy groups -OCH3 is 1. The van der Waals surface area contributed by atoms with Crippen LogP contribution < -0.4 is 4.74 Å². The predicted octanol–water partition coefficient (Wildman–Crippen LogP) is 4.00. The maximum Gasteiger partial charge on any atom is 0.363 e. The van der Waals surface area contributed by atoms with Crippen LogP contribution in [0.4, 0.5) is 0 Å². The van der Waals surface area contributed by atoms with Crippen molar-refractivity contribution in [3.63, 3.8) is 0 Å². The summed E-state index contributed by atoms with van der Waals surface area (Å²) in [6, 6.07) is 13.9. The predicted molar refractivity (Wildman–Crippen MR) is 105 cm³/mol. The first-order valence-corrected chi connectivity index (χ1v) is 9.05. The number of cyclic esters (lactones) is 1. The minimum absolute atomic E-state index is 0.198. The molecule has 2 aromatic rings. The van der Waals surface area contributed by atoms with E-state index in [4.69, 9.17) is 9.47 Å². The van der Waals surface area contributed by atoms with Gasteiger partial charge in [0.1, 0.15) is 5.75 Å². The summed E-state index contributed by atoms with van der Waals surface area (Å²) in [6.45, 7) is 2.78. The molecule has 6 heteroatoms. The molecule has 1 aliphatic heterocycles. The van der Waals surface area contributed by atoms with Crippen LogP contribution >= 0.6 is 0 Å². The molecule has 3 rings (SSSR count). The van der Waals surface area contributed by atoms with Gasteiger partial charge in [0.2, 0.25) is 5.90 Å². The zero-order valence-corrected chi connectivity index (χ0v) is 15.8. The molecule has 2 aromatic carbocycles. The highest BCUT2D eigenvalue weighted by molar-refractivity contribution is 6.12. The molecule has 6 nitrogen and oxygen atoms in total. The molecule has 0 aromatic heterocycles. The molecule has 0 atom stereocenters. The smallest absolute Gasteiger partial charge is 0.363 e. The van der Waals surface area contributed by atoms with Crippen molar-refractivity contribution in [3.8, 4) is 5.75 Å². The van der Waals surface area contributed by atoms with Crippen molar-refractivity contribution in [1.82, 2.24) is 0 Å². The van der Waals surface area contributed by atoms with Crippen molar-refractivity contribution in [2.24, 2.45) is 4.99 Å². The van der Waals surface area contributed by atoms with Crippen LogP contribution in [0.1, 0.15) is 41.3 Å². The van der Waals surface area contributed by atoms with Crippen LogP contribution in [-0.4, -0.2) is 31.6 Å². The molecule has 0 fully saturated rings.